The maximum atomic E-state index is 11.9. The Bertz CT molecular complexity index is 510. The molecule has 0 spiro atoms. The van der Waals surface area contributed by atoms with Gasteiger partial charge < -0.3 is 4.74 Å². The van der Waals surface area contributed by atoms with Crippen LogP contribution in [0.2, 0.25) is 0 Å². The topological polar surface area (TPSA) is 84.5 Å². The molecule has 0 fully saturated rings. The molecule has 1 rings (SSSR count). The minimum Gasteiger partial charge on any atom is -0.449 e. The summed E-state index contributed by atoms with van der Waals surface area (Å²) in [6, 6.07) is 1.83. The van der Waals surface area contributed by atoms with Gasteiger partial charge in [-0.2, -0.15) is 0 Å². The molecular weight excluding hydrogens is 280 g/mol. The van der Waals surface area contributed by atoms with E-state index in [1.807, 2.05) is 19.9 Å². The van der Waals surface area contributed by atoms with E-state index in [9.17, 15) is 14.4 Å². The Hall–Kier alpha value is -1.89. The van der Waals surface area contributed by atoms with Crippen molar-refractivity contribution in [2.45, 2.75) is 33.6 Å². The first-order valence-electron chi connectivity index (χ1n) is 6.25. The summed E-state index contributed by atoms with van der Waals surface area (Å²) in [5.41, 5.74) is 4.94. The predicted molar refractivity (Wildman–Crippen MR) is 75.7 cm³/mol. The van der Waals surface area contributed by atoms with E-state index in [0.717, 1.165) is 9.75 Å². The molecular formula is C13H18N2O4S. The summed E-state index contributed by atoms with van der Waals surface area (Å²) in [5.74, 6) is -0.505. The van der Waals surface area contributed by atoms with Crippen LogP contribution in [-0.4, -0.2) is 24.4 Å². The van der Waals surface area contributed by atoms with Gasteiger partial charge in [0, 0.05) is 28.2 Å². The fourth-order valence-electron chi connectivity index (χ4n) is 1.62. The highest BCUT2D eigenvalue weighted by atomic mass is 32.1. The third kappa shape index (κ3) is 5.00. The summed E-state index contributed by atoms with van der Waals surface area (Å²) in [4.78, 5) is 36.4. The number of amides is 2. The van der Waals surface area contributed by atoms with Gasteiger partial charge in [-0.3, -0.25) is 15.0 Å². The van der Waals surface area contributed by atoms with Gasteiger partial charge in [0.05, 0.1) is 6.61 Å². The van der Waals surface area contributed by atoms with Gasteiger partial charge in [0.15, 0.2) is 5.78 Å². The van der Waals surface area contributed by atoms with Crippen molar-refractivity contribution >= 4 is 29.1 Å². The largest absolute Gasteiger partial charge is 0.449 e. The standard InChI is InChI=1S/C13H18N2O4S/c1-4-19-13(18)15-14-12(17)6-5-11(16)10-7-8(2)20-9(10)3/h7H,4-6H2,1-3H3,(H,14,17)(H,15,18). The first-order valence-corrected chi connectivity index (χ1v) is 7.07. The molecule has 1 aromatic heterocycles. The van der Waals surface area contributed by atoms with Gasteiger partial charge >= 0.3 is 6.09 Å². The van der Waals surface area contributed by atoms with E-state index in [4.69, 9.17) is 0 Å². The summed E-state index contributed by atoms with van der Waals surface area (Å²) in [7, 11) is 0. The number of aryl methyl sites for hydroxylation is 2. The lowest BCUT2D eigenvalue weighted by Gasteiger charge is -2.06. The maximum absolute atomic E-state index is 11.9. The van der Waals surface area contributed by atoms with E-state index in [2.05, 4.69) is 15.6 Å². The van der Waals surface area contributed by atoms with Crippen molar-refractivity contribution in [2.24, 2.45) is 0 Å². The molecule has 0 aliphatic carbocycles. The molecule has 1 aromatic rings. The minimum absolute atomic E-state index is 0.0135. The van der Waals surface area contributed by atoms with Crippen LogP contribution in [0, 0.1) is 13.8 Å². The van der Waals surface area contributed by atoms with Gasteiger partial charge in [0.25, 0.3) is 0 Å². The van der Waals surface area contributed by atoms with Crippen LogP contribution in [0.3, 0.4) is 0 Å². The lowest BCUT2D eigenvalue weighted by Crippen LogP contribution is -2.42. The van der Waals surface area contributed by atoms with E-state index in [-0.39, 0.29) is 25.2 Å². The van der Waals surface area contributed by atoms with Gasteiger partial charge in [-0.15, -0.1) is 11.3 Å². The molecule has 0 radical (unpaired) electrons. The highest BCUT2D eigenvalue weighted by molar-refractivity contribution is 7.12. The Kier molecular flexibility index (Phi) is 6.17. The zero-order valence-electron chi connectivity index (χ0n) is 11.7. The number of hydrogen-bond acceptors (Lipinski definition) is 5. The second-order valence-electron chi connectivity index (χ2n) is 4.14. The van der Waals surface area contributed by atoms with Crippen LogP contribution in [0.4, 0.5) is 4.79 Å². The van der Waals surface area contributed by atoms with Gasteiger partial charge in [0.2, 0.25) is 5.91 Å². The molecule has 0 aliphatic heterocycles. The van der Waals surface area contributed by atoms with Crippen LogP contribution in [0.15, 0.2) is 6.07 Å². The molecule has 2 N–H and O–H groups in total. The van der Waals surface area contributed by atoms with Crippen molar-refractivity contribution in [3.63, 3.8) is 0 Å². The first-order chi connectivity index (χ1) is 9.43. The summed E-state index contributed by atoms with van der Waals surface area (Å²) < 4.78 is 4.58. The Morgan fingerprint density at radius 2 is 1.90 bits per heavy atom. The molecule has 0 aromatic carbocycles. The SMILES string of the molecule is CCOC(=O)NNC(=O)CCC(=O)c1cc(C)sc1C. The Balaban J connectivity index is 2.36. The molecule has 0 unspecified atom stereocenters. The second-order valence-corrected chi connectivity index (χ2v) is 5.60. The van der Waals surface area contributed by atoms with Crippen LogP contribution in [0.25, 0.3) is 0 Å². The highest BCUT2D eigenvalue weighted by Crippen LogP contribution is 2.22. The molecule has 0 aliphatic rings. The van der Waals surface area contributed by atoms with Crippen LogP contribution in [0.5, 0.6) is 0 Å². The van der Waals surface area contributed by atoms with Crippen molar-refractivity contribution in [1.29, 1.82) is 0 Å². The Morgan fingerprint density at radius 3 is 2.45 bits per heavy atom. The molecule has 0 saturated carbocycles. The van der Waals surface area contributed by atoms with Crippen molar-refractivity contribution < 1.29 is 19.1 Å². The predicted octanol–water partition coefficient (Wildman–Crippen LogP) is 2.11. The normalized spacial score (nSPS) is 9.95. The number of rotatable bonds is 5. The number of nitrogens with one attached hydrogen (secondary N) is 2. The van der Waals surface area contributed by atoms with Crippen molar-refractivity contribution in [1.82, 2.24) is 10.9 Å². The molecule has 1 heterocycles. The van der Waals surface area contributed by atoms with E-state index in [0.29, 0.717) is 5.56 Å². The van der Waals surface area contributed by atoms with Gasteiger partial charge in [0.1, 0.15) is 0 Å². The van der Waals surface area contributed by atoms with Crippen LogP contribution in [0.1, 0.15) is 39.9 Å². The number of carbonyl (C=O) groups excluding carboxylic acids is 3. The van der Waals surface area contributed by atoms with E-state index in [1.165, 1.54) is 0 Å². The third-order valence-corrected chi connectivity index (χ3v) is 3.47. The van der Waals surface area contributed by atoms with Crippen molar-refractivity contribution in [3.05, 3.63) is 21.4 Å². The zero-order valence-corrected chi connectivity index (χ0v) is 12.6. The molecule has 0 atom stereocenters. The number of thiophene rings is 1. The van der Waals surface area contributed by atoms with Crippen LogP contribution < -0.4 is 10.9 Å². The lowest BCUT2D eigenvalue weighted by atomic mass is 10.1. The van der Waals surface area contributed by atoms with Gasteiger partial charge in [-0.1, -0.05) is 0 Å². The number of ether oxygens (including phenoxy) is 1. The summed E-state index contributed by atoms with van der Waals surface area (Å²) in [6.45, 7) is 5.69. The van der Waals surface area contributed by atoms with Crippen molar-refractivity contribution in [2.75, 3.05) is 6.61 Å². The van der Waals surface area contributed by atoms with Gasteiger partial charge in [-0.25, -0.2) is 10.2 Å². The summed E-state index contributed by atoms with van der Waals surface area (Å²) in [5, 5.41) is 0. The monoisotopic (exact) mass is 298 g/mol. The number of hydrogen-bond donors (Lipinski definition) is 2. The van der Waals surface area contributed by atoms with Crippen LogP contribution in [-0.2, 0) is 9.53 Å². The molecule has 2 amide bonds. The van der Waals surface area contributed by atoms with E-state index >= 15 is 0 Å². The van der Waals surface area contributed by atoms with Crippen LogP contribution >= 0.6 is 11.3 Å². The highest BCUT2D eigenvalue weighted by Gasteiger charge is 2.14. The molecule has 7 heteroatoms. The molecule has 110 valence electrons. The summed E-state index contributed by atoms with van der Waals surface area (Å²) >= 11 is 1.56. The first kappa shape index (κ1) is 16.2. The fourth-order valence-corrected chi connectivity index (χ4v) is 2.56. The third-order valence-electron chi connectivity index (χ3n) is 2.50. The number of Topliss-reactive ketones (excluding diaryl/α,β-unsaturated/α-hetero) is 1. The Labute approximate surface area is 121 Å². The zero-order chi connectivity index (χ0) is 15.1. The maximum Gasteiger partial charge on any atom is 0.426 e. The smallest absolute Gasteiger partial charge is 0.426 e. The quantitative estimate of drug-likeness (QED) is 0.644. The molecule has 0 saturated heterocycles. The van der Waals surface area contributed by atoms with E-state index in [1.54, 1.807) is 18.3 Å². The Morgan fingerprint density at radius 1 is 1.20 bits per heavy atom. The van der Waals surface area contributed by atoms with Gasteiger partial charge in [-0.05, 0) is 26.8 Å². The molecule has 6 nitrogen and oxygen atoms in total. The average Bonchev–Trinajstić information content (AvgIpc) is 2.73. The molecule has 0 bridgehead atoms. The van der Waals surface area contributed by atoms with E-state index < -0.39 is 12.0 Å². The average molecular weight is 298 g/mol. The molecule has 20 heavy (non-hydrogen) atoms. The minimum atomic E-state index is -0.725. The number of ketones is 1. The number of hydrazine groups is 1. The lowest BCUT2D eigenvalue weighted by molar-refractivity contribution is -0.121. The second kappa shape index (κ2) is 7.64. The summed E-state index contributed by atoms with van der Waals surface area (Å²) in [6.07, 6.45) is -0.608. The number of carbonyl (C=O) groups is 3. The van der Waals surface area contributed by atoms with Crippen molar-refractivity contribution in [3.8, 4) is 0 Å². The fraction of sp³-hybridized carbons (Fsp3) is 0.462.